The van der Waals surface area contributed by atoms with Gasteiger partial charge >= 0.3 is 5.97 Å². The molecule has 31 heavy (non-hydrogen) atoms. The monoisotopic (exact) mass is 435 g/mol. The fourth-order valence-corrected chi connectivity index (χ4v) is 4.47. The van der Waals surface area contributed by atoms with Gasteiger partial charge in [-0.2, -0.15) is 0 Å². The molecule has 0 saturated heterocycles. The van der Waals surface area contributed by atoms with Crippen molar-refractivity contribution >= 4 is 23.4 Å². The summed E-state index contributed by atoms with van der Waals surface area (Å²) in [7, 11) is 0. The molecule has 0 aliphatic carbocycles. The van der Waals surface area contributed by atoms with Gasteiger partial charge in [0.1, 0.15) is 18.0 Å². The molecule has 1 aromatic carbocycles. The molecule has 158 valence electrons. The van der Waals surface area contributed by atoms with Crippen molar-refractivity contribution in [3.8, 4) is 0 Å². The van der Waals surface area contributed by atoms with Crippen LogP contribution in [-0.4, -0.2) is 20.5 Å². The Morgan fingerprint density at radius 2 is 1.94 bits per heavy atom. The zero-order valence-electron chi connectivity index (χ0n) is 17.4. The van der Waals surface area contributed by atoms with Crippen molar-refractivity contribution in [3.63, 3.8) is 0 Å². The highest BCUT2D eigenvalue weighted by Crippen LogP contribution is 2.29. The molecule has 4 aromatic rings. The van der Waals surface area contributed by atoms with E-state index in [2.05, 4.69) is 10.1 Å². The Balaban J connectivity index is 1.49. The van der Waals surface area contributed by atoms with Gasteiger partial charge in [-0.3, -0.25) is 9.20 Å². The summed E-state index contributed by atoms with van der Waals surface area (Å²) >= 11 is 1.52. The summed E-state index contributed by atoms with van der Waals surface area (Å²) < 4.78 is 12.2. The maximum absolute atomic E-state index is 12.8. The second kappa shape index (κ2) is 8.77. The molecule has 0 radical (unpaired) electrons. The largest absolute Gasteiger partial charge is 0.456 e. The first-order valence-corrected chi connectivity index (χ1v) is 10.7. The van der Waals surface area contributed by atoms with Gasteiger partial charge in [0, 0.05) is 28.0 Å². The molecule has 0 fully saturated rings. The van der Waals surface area contributed by atoms with Crippen LogP contribution in [0.5, 0.6) is 0 Å². The lowest BCUT2D eigenvalue weighted by Gasteiger charge is -2.10. The Morgan fingerprint density at radius 3 is 2.71 bits per heavy atom. The molecule has 0 aliphatic rings. The topological polar surface area (TPSA) is 86.7 Å². The van der Waals surface area contributed by atoms with Gasteiger partial charge in [-0.05, 0) is 45.0 Å². The number of fused-ring (bicyclic) bond motifs is 1. The quantitative estimate of drug-likeness (QED) is 0.330. The molecule has 0 saturated carbocycles. The van der Waals surface area contributed by atoms with Gasteiger partial charge in [-0.1, -0.05) is 23.4 Å². The summed E-state index contributed by atoms with van der Waals surface area (Å²) in [6, 6.07) is 14.1. The van der Waals surface area contributed by atoms with Gasteiger partial charge in [0.25, 0.3) is 5.56 Å². The smallest absolute Gasteiger partial charge is 0.339 e. The number of esters is 1. The third-order valence-corrected chi connectivity index (χ3v) is 6.04. The van der Waals surface area contributed by atoms with Crippen LogP contribution in [0.25, 0.3) is 5.65 Å². The maximum Gasteiger partial charge on any atom is 0.339 e. The summed E-state index contributed by atoms with van der Waals surface area (Å²) in [5.41, 5.74) is 3.84. The Morgan fingerprint density at radius 1 is 1.13 bits per heavy atom. The molecule has 4 rings (SSSR count). The summed E-state index contributed by atoms with van der Waals surface area (Å²) in [6.45, 7) is 5.53. The first-order valence-electron chi connectivity index (χ1n) is 9.73. The molecule has 0 aliphatic heterocycles. The van der Waals surface area contributed by atoms with Crippen molar-refractivity contribution in [2.75, 3.05) is 0 Å². The third kappa shape index (κ3) is 4.39. The van der Waals surface area contributed by atoms with Crippen LogP contribution >= 0.6 is 11.8 Å². The van der Waals surface area contributed by atoms with E-state index in [1.54, 1.807) is 18.2 Å². The number of hydrogen-bond donors (Lipinski definition) is 0. The van der Waals surface area contributed by atoms with Gasteiger partial charge in [0.05, 0.1) is 17.0 Å². The number of ether oxygens (including phenoxy) is 1. The van der Waals surface area contributed by atoms with Crippen LogP contribution in [-0.2, 0) is 17.1 Å². The van der Waals surface area contributed by atoms with E-state index in [0.717, 1.165) is 27.6 Å². The van der Waals surface area contributed by atoms with E-state index in [4.69, 9.17) is 9.26 Å². The predicted octanol–water partition coefficient (Wildman–Crippen LogP) is 4.26. The third-order valence-electron chi connectivity index (χ3n) is 4.94. The molecular formula is C23H21N3O4S. The lowest BCUT2D eigenvalue weighted by atomic mass is 10.2. The van der Waals surface area contributed by atoms with Crippen LogP contribution in [0.15, 0.2) is 62.7 Å². The number of thioether (sulfide) groups is 1. The number of aromatic nitrogens is 3. The Bertz CT molecular complexity index is 1310. The van der Waals surface area contributed by atoms with Crippen molar-refractivity contribution < 1.29 is 14.1 Å². The fraction of sp³-hybridized carbons (Fsp3) is 0.217. The van der Waals surface area contributed by atoms with Gasteiger partial charge in [0.2, 0.25) is 0 Å². The SMILES string of the molecule is Cc1noc(C)c1CSc1ccccc1C(=O)OCc1cc(=O)n2c(C)cccc2n1. The minimum Gasteiger partial charge on any atom is -0.456 e. The van der Waals surface area contributed by atoms with E-state index < -0.39 is 5.97 Å². The molecule has 3 aromatic heterocycles. The minimum atomic E-state index is -0.465. The minimum absolute atomic E-state index is 0.0820. The number of carbonyl (C=O) groups is 1. The molecule has 0 unspecified atom stereocenters. The lowest BCUT2D eigenvalue weighted by molar-refractivity contribution is 0.0463. The number of carbonyl (C=O) groups excluding carboxylic acids is 1. The number of benzene rings is 1. The number of aryl methyl sites for hydroxylation is 3. The first-order chi connectivity index (χ1) is 14.9. The molecule has 0 amide bonds. The van der Waals surface area contributed by atoms with Crippen LogP contribution in [0.1, 0.15) is 38.8 Å². The van der Waals surface area contributed by atoms with Crippen LogP contribution in [0.2, 0.25) is 0 Å². The molecule has 0 bridgehead atoms. The van der Waals surface area contributed by atoms with Crippen molar-refractivity contribution in [2.24, 2.45) is 0 Å². The van der Waals surface area contributed by atoms with Crippen LogP contribution in [0, 0.1) is 20.8 Å². The number of rotatable bonds is 6. The standard InChI is InChI=1S/C23H21N3O4S/c1-14-7-6-10-21-24-17(11-22(27)26(14)21)12-29-23(28)18-8-4-5-9-20(18)31-13-19-15(2)25-30-16(19)3/h4-11H,12-13H2,1-3H3. The first kappa shape index (κ1) is 20.9. The van der Waals surface area contributed by atoms with Gasteiger partial charge in [-0.15, -0.1) is 11.8 Å². The van der Waals surface area contributed by atoms with E-state index in [1.807, 2.05) is 45.0 Å². The van der Waals surface area contributed by atoms with Gasteiger partial charge in [0.15, 0.2) is 0 Å². The van der Waals surface area contributed by atoms with Crippen molar-refractivity contribution in [2.45, 2.75) is 38.0 Å². The van der Waals surface area contributed by atoms with Crippen LogP contribution in [0.3, 0.4) is 0 Å². The molecular weight excluding hydrogens is 414 g/mol. The van der Waals surface area contributed by atoms with Gasteiger partial charge in [-0.25, -0.2) is 9.78 Å². The molecule has 0 spiro atoms. The molecule has 0 atom stereocenters. The number of pyridine rings is 1. The molecule has 7 nitrogen and oxygen atoms in total. The van der Waals surface area contributed by atoms with E-state index in [1.165, 1.54) is 22.2 Å². The molecule has 3 heterocycles. The predicted molar refractivity (Wildman–Crippen MR) is 117 cm³/mol. The van der Waals surface area contributed by atoms with E-state index >= 15 is 0 Å². The second-order valence-electron chi connectivity index (χ2n) is 7.11. The Kier molecular flexibility index (Phi) is 5.90. The van der Waals surface area contributed by atoms with E-state index in [0.29, 0.717) is 22.7 Å². The second-order valence-corrected chi connectivity index (χ2v) is 8.13. The van der Waals surface area contributed by atoms with Crippen LogP contribution < -0.4 is 5.56 Å². The average molecular weight is 436 g/mol. The average Bonchev–Trinajstić information content (AvgIpc) is 3.08. The van der Waals surface area contributed by atoms with Crippen molar-refractivity contribution in [3.05, 3.63) is 92.9 Å². The highest BCUT2D eigenvalue weighted by atomic mass is 32.2. The summed E-state index contributed by atoms with van der Waals surface area (Å²) in [5.74, 6) is 0.940. The van der Waals surface area contributed by atoms with Crippen molar-refractivity contribution in [1.82, 2.24) is 14.5 Å². The van der Waals surface area contributed by atoms with Crippen LogP contribution in [0.4, 0.5) is 0 Å². The van der Waals surface area contributed by atoms with E-state index in [9.17, 15) is 9.59 Å². The summed E-state index contributed by atoms with van der Waals surface area (Å²) in [4.78, 5) is 30.4. The van der Waals surface area contributed by atoms with Crippen molar-refractivity contribution in [1.29, 1.82) is 0 Å². The zero-order chi connectivity index (χ0) is 22.0. The highest BCUT2D eigenvalue weighted by molar-refractivity contribution is 7.98. The normalized spacial score (nSPS) is 11.1. The van der Waals surface area contributed by atoms with E-state index in [-0.39, 0.29) is 12.2 Å². The number of nitrogens with zero attached hydrogens (tertiary/aromatic N) is 3. The Hall–Kier alpha value is -3.39. The summed E-state index contributed by atoms with van der Waals surface area (Å²) in [6.07, 6.45) is 0. The number of hydrogen-bond acceptors (Lipinski definition) is 7. The molecule has 0 N–H and O–H groups in total. The molecule has 8 heteroatoms. The lowest BCUT2D eigenvalue weighted by Crippen LogP contribution is -2.18. The fourth-order valence-electron chi connectivity index (χ4n) is 3.27. The Labute approximate surface area is 183 Å². The van der Waals surface area contributed by atoms with Gasteiger partial charge < -0.3 is 9.26 Å². The summed E-state index contributed by atoms with van der Waals surface area (Å²) in [5, 5.41) is 3.97. The highest BCUT2D eigenvalue weighted by Gasteiger charge is 2.16. The zero-order valence-corrected chi connectivity index (χ0v) is 18.2. The maximum atomic E-state index is 12.8.